The Hall–Kier alpha value is -2.08. The molecule has 0 aliphatic carbocycles. The summed E-state index contributed by atoms with van der Waals surface area (Å²) in [7, 11) is 0. The number of carboxylic acid groups (broad SMARTS) is 1. The molecule has 1 saturated heterocycles. The van der Waals surface area contributed by atoms with Gasteiger partial charge < -0.3 is 20.1 Å². The summed E-state index contributed by atoms with van der Waals surface area (Å²) < 4.78 is 5.10. The molecule has 6 nitrogen and oxygen atoms in total. The lowest BCUT2D eigenvalue weighted by molar-refractivity contribution is -0.154. The van der Waals surface area contributed by atoms with Gasteiger partial charge in [-0.3, -0.25) is 0 Å². The van der Waals surface area contributed by atoms with Crippen LogP contribution in [0.25, 0.3) is 0 Å². The number of nitrogens with zero attached hydrogens (tertiary/aromatic N) is 1. The maximum atomic E-state index is 12.1. The van der Waals surface area contributed by atoms with Crippen molar-refractivity contribution in [2.75, 3.05) is 19.7 Å². The van der Waals surface area contributed by atoms with E-state index >= 15 is 0 Å². The van der Waals surface area contributed by atoms with Crippen molar-refractivity contribution in [3.63, 3.8) is 0 Å². The Kier molecular flexibility index (Phi) is 5.16. The van der Waals surface area contributed by atoms with Crippen LogP contribution in [0.1, 0.15) is 12.5 Å². The first kappa shape index (κ1) is 15.3. The fraction of sp³-hybridized carbons (Fsp3) is 0.467. The minimum atomic E-state index is -1.04. The molecule has 1 heterocycles. The molecule has 2 atom stereocenters. The van der Waals surface area contributed by atoms with E-state index in [0.717, 1.165) is 12.0 Å². The first-order chi connectivity index (χ1) is 10.1. The zero-order valence-corrected chi connectivity index (χ0v) is 12.0. The Balaban J connectivity index is 1.84. The molecule has 6 heteroatoms. The summed E-state index contributed by atoms with van der Waals surface area (Å²) >= 11 is 0. The molecule has 114 valence electrons. The highest BCUT2D eigenvalue weighted by atomic mass is 16.5. The molecule has 0 radical (unpaired) electrons. The monoisotopic (exact) mass is 292 g/mol. The average Bonchev–Trinajstić information content (AvgIpc) is 2.48. The SMILES string of the molecule is CC(Cc1ccccc1)NC(=O)N1CCOC(C(=O)O)C1. The molecule has 1 aliphatic rings. The van der Waals surface area contributed by atoms with Gasteiger partial charge in [0.05, 0.1) is 13.2 Å². The molecule has 2 rings (SSSR count). The molecular weight excluding hydrogens is 272 g/mol. The van der Waals surface area contributed by atoms with Crippen LogP contribution in [0.2, 0.25) is 0 Å². The molecular formula is C15H20N2O4. The van der Waals surface area contributed by atoms with Crippen molar-refractivity contribution in [1.82, 2.24) is 10.2 Å². The second-order valence-corrected chi connectivity index (χ2v) is 5.18. The van der Waals surface area contributed by atoms with Gasteiger partial charge in [-0.2, -0.15) is 0 Å². The average molecular weight is 292 g/mol. The zero-order valence-electron chi connectivity index (χ0n) is 12.0. The van der Waals surface area contributed by atoms with Gasteiger partial charge in [0.2, 0.25) is 0 Å². The van der Waals surface area contributed by atoms with Crippen LogP contribution in [-0.2, 0) is 16.0 Å². The second-order valence-electron chi connectivity index (χ2n) is 5.18. The molecule has 0 saturated carbocycles. The summed E-state index contributed by atoms with van der Waals surface area (Å²) in [4.78, 5) is 24.5. The third-order valence-electron chi connectivity index (χ3n) is 3.38. The maximum absolute atomic E-state index is 12.1. The number of aliphatic carboxylic acids is 1. The summed E-state index contributed by atoms with van der Waals surface area (Å²) in [6, 6.07) is 9.63. The molecule has 0 spiro atoms. The summed E-state index contributed by atoms with van der Waals surface area (Å²) in [5, 5.41) is 11.8. The van der Waals surface area contributed by atoms with E-state index in [1.165, 1.54) is 4.90 Å². The van der Waals surface area contributed by atoms with E-state index in [1.54, 1.807) is 0 Å². The number of amides is 2. The van der Waals surface area contributed by atoms with Crippen LogP contribution >= 0.6 is 0 Å². The van der Waals surface area contributed by atoms with Crippen molar-refractivity contribution in [1.29, 1.82) is 0 Å². The first-order valence-electron chi connectivity index (χ1n) is 7.00. The maximum Gasteiger partial charge on any atom is 0.334 e. The Bertz CT molecular complexity index is 492. The fourth-order valence-corrected chi connectivity index (χ4v) is 2.30. The van der Waals surface area contributed by atoms with Crippen LogP contribution in [0.4, 0.5) is 4.79 Å². The third-order valence-corrected chi connectivity index (χ3v) is 3.38. The van der Waals surface area contributed by atoms with Gasteiger partial charge in [-0.1, -0.05) is 30.3 Å². The van der Waals surface area contributed by atoms with E-state index in [-0.39, 0.29) is 25.2 Å². The van der Waals surface area contributed by atoms with Gasteiger partial charge >= 0.3 is 12.0 Å². The van der Waals surface area contributed by atoms with Crippen LogP contribution in [0.3, 0.4) is 0 Å². The topological polar surface area (TPSA) is 78.9 Å². The number of urea groups is 1. The standard InChI is InChI=1S/C15H20N2O4/c1-11(9-12-5-3-2-4-6-12)16-15(20)17-7-8-21-13(10-17)14(18)19/h2-6,11,13H,7-10H2,1H3,(H,16,20)(H,18,19). The molecule has 2 N–H and O–H groups in total. The van der Waals surface area contributed by atoms with Gasteiger partial charge in [0.25, 0.3) is 0 Å². The second kappa shape index (κ2) is 7.08. The van der Waals surface area contributed by atoms with Crippen molar-refractivity contribution in [2.24, 2.45) is 0 Å². The van der Waals surface area contributed by atoms with E-state index < -0.39 is 12.1 Å². The summed E-state index contributed by atoms with van der Waals surface area (Å²) in [6.45, 7) is 2.67. The number of carboxylic acids is 1. The predicted molar refractivity (Wildman–Crippen MR) is 77.1 cm³/mol. The van der Waals surface area contributed by atoms with E-state index in [4.69, 9.17) is 9.84 Å². The fourth-order valence-electron chi connectivity index (χ4n) is 2.30. The van der Waals surface area contributed by atoms with Crippen LogP contribution in [0, 0.1) is 0 Å². The van der Waals surface area contributed by atoms with Crippen molar-refractivity contribution in [2.45, 2.75) is 25.5 Å². The van der Waals surface area contributed by atoms with E-state index in [1.807, 2.05) is 37.3 Å². The lowest BCUT2D eigenvalue weighted by Crippen LogP contribution is -2.53. The Morgan fingerprint density at radius 3 is 2.81 bits per heavy atom. The first-order valence-corrected chi connectivity index (χ1v) is 7.00. The van der Waals surface area contributed by atoms with Crippen LogP contribution in [0.5, 0.6) is 0 Å². The number of carbonyl (C=O) groups is 2. The number of rotatable bonds is 4. The highest BCUT2D eigenvalue weighted by Crippen LogP contribution is 2.07. The van der Waals surface area contributed by atoms with Crippen molar-refractivity contribution in [3.05, 3.63) is 35.9 Å². The number of hydrogen-bond acceptors (Lipinski definition) is 3. The molecule has 21 heavy (non-hydrogen) atoms. The van der Waals surface area contributed by atoms with Crippen LogP contribution in [-0.4, -0.2) is 53.8 Å². The number of benzene rings is 1. The number of ether oxygens (including phenoxy) is 1. The largest absolute Gasteiger partial charge is 0.479 e. The summed E-state index contributed by atoms with van der Waals surface area (Å²) in [5.74, 6) is -1.04. The van der Waals surface area contributed by atoms with Gasteiger partial charge in [-0.15, -0.1) is 0 Å². The Morgan fingerprint density at radius 1 is 1.43 bits per heavy atom. The molecule has 1 aliphatic heterocycles. The Labute approximate surface area is 123 Å². The highest BCUT2D eigenvalue weighted by Gasteiger charge is 2.29. The quantitative estimate of drug-likeness (QED) is 0.871. The van der Waals surface area contributed by atoms with Crippen LogP contribution in [0.15, 0.2) is 30.3 Å². The minimum absolute atomic E-state index is 0.0222. The lowest BCUT2D eigenvalue weighted by atomic mass is 10.1. The highest BCUT2D eigenvalue weighted by molar-refractivity contribution is 5.77. The van der Waals surface area contributed by atoms with Crippen molar-refractivity contribution >= 4 is 12.0 Å². The molecule has 1 aromatic carbocycles. The molecule has 0 aromatic heterocycles. The van der Waals surface area contributed by atoms with E-state index in [2.05, 4.69) is 5.32 Å². The van der Waals surface area contributed by atoms with Crippen molar-refractivity contribution < 1.29 is 19.4 Å². The molecule has 1 aromatic rings. The number of morpholine rings is 1. The predicted octanol–water partition coefficient (Wildman–Crippen LogP) is 1.11. The molecule has 1 fully saturated rings. The number of hydrogen-bond donors (Lipinski definition) is 2. The molecule has 2 unspecified atom stereocenters. The van der Waals surface area contributed by atoms with Gasteiger partial charge in [0.15, 0.2) is 6.10 Å². The summed E-state index contributed by atoms with van der Waals surface area (Å²) in [6.07, 6.45) is -0.201. The normalized spacial score (nSPS) is 19.9. The smallest absolute Gasteiger partial charge is 0.334 e. The van der Waals surface area contributed by atoms with Gasteiger partial charge in [-0.05, 0) is 18.9 Å². The number of carbonyl (C=O) groups excluding carboxylic acids is 1. The van der Waals surface area contributed by atoms with Gasteiger partial charge in [0, 0.05) is 12.6 Å². The van der Waals surface area contributed by atoms with E-state index in [9.17, 15) is 9.59 Å². The Morgan fingerprint density at radius 2 is 2.14 bits per heavy atom. The lowest BCUT2D eigenvalue weighted by Gasteiger charge is -2.31. The van der Waals surface area contributed by atoms with Gasteiger partial charge in [0.1, 0.15) is 0 Å². The van der Waals surface area contributed by atoms with Crippen LogP contribution < -0.4 is 5.32 Å². The third kappa shape index (κ3) is 4.46. The molecule has 2 amide bonds. The molecule has 0 bridgehead atoms. The van der Waals surface area contributed by atoms with Gasteiger partial charge in [-0.25, -0.2) is 9.59 Å². The zero-order chi connectivity index (χ0) is 15.2. The van der Waals surface area contributed by atoms with Crippen molar-refractivity contribution in [3.8, 4) is 0 Å². The summed E-state index contributed by atoms with van der Waals surface area (Å²) in [5.41, 5.74) is 1.15. The minimum Gasteiger partial charge on any atom is -0.479 e. The van der Waals surface area contributed by atoms with E-state index in [0.29, 0.717) is 6.54 Å². The number of nitrogens with one attached hydrogen (secondary N) is 1.